The summed E-state index contributed by atoms with van der Waals surface area (Å²) in [6.45, 7) is 3.66. The van der Waals surface area contributed by atoms with Crippen molar-refractivity contribution in [3.63, 3.8) is 0 Å². The molecule has 2 aromatic rings. The Bertz CT molecular complexity index is 619. The highest BCUT2D eigenvalue weighted by atomic mass is 35.5. The third kappa shape index (κ3) is 4.60. The van der Waals surface area contributed by atoms with Crippen LogP contribution < -0.4 is 10.1 Å². The Morgan fingerprint density at radius 2 is 1.90 bits per heavy atom. The second kappa shape index (κ2) is 7.64. The summed E-state index contributed by atoms with van der Waals surface area (Å²) in [7, 11) is 0. The van der Waals surface area contributed by atoms with Crippen LogP contribution in [-0.2, 0) is 13.2 Å². The molecule has 0 amide bonds. The highest BCUT2D eigenvalue weighted by Gasteiger charge is 2.07. The molecule has 112 valence electrons. The van der Waals surface area contributed by atoms with Crippen LogP contribution in [0.25, 0.3) is 0 Å². The van der Waals surface area contributed by atoms with Crippen LogP contribution in [0.3, 0.4) is 0 Å². The van der Waals surface area contributed by atoms with Gasteiger partial charge in [0.25, 0.3) is 0 Å². The van der Waals surface area contributed by atoms with E-state index >= 15 is 0 Å². The number of hydrogen-bond acceptors (Lipinski definition) is 2. The van der Waals surface area contributed by atoms with Crippen LogP contribution in [0.1, 0.15) is 18.1 Å². The van der Waals surface area contributed by atoms with Crippen LogP contribution in [0, 0.1) is 5.82 Å². The first kappa shape index (κ1) is 16.1. The second-order valence-electron chi connectivity index (χ2n) is 4.56. The molecule has 0 aliphatic rings. The Balaban J connectivity index is 2.11. The van der Waals surface area contributed by atoms with E-state index in [2.05, 4.69) is 5.32 Å². The molecule has 0 atom stereocenters. The van der Waals surface area contributed by atoms with Gasteiger partial charge in [-0.2, -0.15) is 0 Å². The minimum atomic E-state index is -0.278. The predicted octanol–water partition coefficient (Wildman–Crippen LogP) is 4.82. The van der Waals surface area contributed by atoms with E-state index in [9.17, 15) is 4.39 Å². The second-order valence-corrected chi connectivity index (χ2v) is 5.40. The fourth-order valence-electron chi connectivity index (χ4n) is 1.88. The molecule has 0 bridgehead atoms. The van der Waals surface area contributed by atoms with Crippen molar-refractivity contribution >= 4 is 23.2 Å². The average Bonchev–Trinajstić information content (AvgIpc) is 2.45. The van der Waals surface area contributed by atoms with Gasteiger partial charge in [0.1, 0.15) is 18.2 Å². The summed E-state index contributed by atoms with van der Waals surface area (Å²) in [6, 6.07) is 9.74. The molecule has 0 fully saturated rings. The van der Waals surface area contributed by atoms with Crippen molar-refractivity contribution in [3.8, 4) is 5.75 Å². The van der Waals surface area contributed by atoms with Crippen LogP contribution >= 0.6 is 23.2 Å². The fraction of sp³-hybridized carbons (Fsp3) is 0.250. The van der Waals surface area contributed by atoms with Gasteiger partial charge in [0.15, 0.2) is 0 Å². The number of halogens is 3. The van der Waals surface area contributed by atoms with E-state index in [4.69, 9.17) is 27.9 Å². The largest absolute Gasteiger partial charge is 0.489 e. The highest BCUT2D eigenvalue weighted by molar-refractivity contribution is 6.35. The molecule has 0 unspecified atom stereocenters. The Morgan fingerprint density at radius 3 is 2.62 bits per heavy atom. The van der Waals surface area contributed by atoms with Crippen molar-refractivity contribution in [1.82, 2.24) is 5.32 Å². The fourth-order valence-corrected chi connectivity index (χ4v) is 2.34. The topological polar surface area (TPSA) is 21.3 Å². The van der Waals surface area contributed by atoms with Crippen molar-refractivity contribution in [2.24, 2.45) is 0 Å². The Kier molecular flexibility index (Phi) is 5.85. The maximum atomic E-state index is 13.3. The van der Waals surface area contributed by atoms with Crippen LogP contribution in [0.15, 0.2) is 36.4 Å². The Labute approximate surface area is 133 Å². The van der Waals surface area contributed by atoms with E-state index in [-0.39, 0.29) is 5.82 Å². The van der Waals surface area contributed by atoms with Crippen molar-refractivity contribution in [1.29, 1.82) is 0 Å². The summed E-state index contributed by atoms with van der Waals surface area (Å²) in [5.74, 6) is 0.364. The lowest BCUT2D eigenvalue weighted by atomic mass is 10.2. The molecule has 0 saturated carbocycles. The van der Waals surface area contributed by atoms with E-state index in [0.29, 0.717) is 28.9 Å². The lowest BCUT2D eigenvalue weighted by molar-refractivity contribution is 0.301. The summed E-state index contributed by atoms with van der Waals surface area (Å²) >= 11 is 12.0. The van der Waals surface area contributed by atoms with Gasteiger partial charge in [0, 0.05) is 27.7 Å². The van der Waals surface area contributed by atoms with Gasteiger partial charge < -0.3 is 10.1 Å². The summed E-state index contributed by atoms with van der Waals surface area (Å²) in [6.07, 6.45) is 0. The van der Waals surface area contributed by atoms with Gasteiger partial charge >= 0.3 is 0 Å². The van der Waals surface area contributed by atoms with E-state index in [1.165, 1.54) is 12.1 Å². The van der Waals surface area contributed by atoms with Crippen molar-refractivity contribution < 1.29 is 9.13 Å². The van der Waals surface area contributed by atoms with Crippen LogP contribution in [-0.4, -0.2) is 6.54 Å². The quantitative estimate of drug-likeness (QED) is 0.821. The molecular weight excluding hydrogens is 312 g/mol. The van der Waals surface area contributed by atoms with E-state index < -0.39 is 0 Å². The molecule has 0 heterocycles. The zero-order valence-electron chi connectivity index (χ0n) is 11.6. The first-order valence-corrected chi connectivity index (χ1v) is 7.41. The SMILES string of the molecule is CCNCc1cc(F)ccc1OCc1ccc(Cl)cc1Cl. The molecule has 2 aromatic carbocycles. The number of benzene rings is 2. The molecular formula is C16H16Cl2FNO. The third-order valence-electron chi connectivity index (χ3n) is 2.99. The minimum absolute atomic E-state index is 0.278. The maximum Gasteiger partial charge on any atom is 0.124 e. The van der Waals surface area contributed by atoms with E-state index in [1.54, 1.807) is 18.2 Å². The lowest BCUT2D eigenvalue weighted by Gasteiger charge is -2.13. The number of hydrogen-bond donors (Lipinski definition) is 1. The van der Waals surface area contributed by atoms with Crippen LogP contribution in [0.4, 0.5) is 4.39 Å². The average molecular weight is 328 g/mol. The standard InChI is InChI=1S/C16H16Cl2FNO/c1-2-20-9-12-7-14(19)5-6-16(12)21-10-11-3-4-13(17)8-15(11)18/h3-8,20H,2,9-10H2,1H3. The molecule has 21 heavy (non-hydrogen) atoms. The molecule has 0 aromatic heterocycles. The highest BCUT2D eigenvalue weighted by Crippen LogP contribution is 2.25. The molecule has 5 heteroatoms. The van der Waals surface area contributed by atoms with E-state index in [0.717, 1.165) is 17.7 Å². The van der Waals surface area contributed by atoms with Gasteiger partial charge in [-0.3, -0.25) is 0 Å². The normalized spacial score (nSPS) is 10.7. The van der Waals surface area contributed by atoms with Gasteiger partial charge in [-0.15, -0.1) is 0 Å². The molecule has 2 rings (SSSR count). The van der Waals surface area contributed by atoms with Gasteiger partial charge in [-0.25, -0.2) is 4.39 Å². The smallest absolute Gasteiger partial charge is 0.124 e. The zero-order chi connectivity index (χ0) is 15.2. The third-order valence-corrected chi connectivity index (χ3v) is 3.57. The van der Waals surface area contributed by atoms with Crippen molar-refractivity contribution in [2.75, 3.05) is 6.54 Å². The van der Waals surface area contributed by atoms with Crippen LogP contribution in [0.5, 0.6) is 5.75 Å². The number of nitrogens with one attached hydrogen (secondary N) is 1. The lowest BCUT2D eigenvalue weighted by Crippen LogP contribution is -2.13. The van der Waals surface area contributed by atoms with Gasteiger partial charge in [-0.05, 0) is 36.9 Å². The Hall–Kier alpha value is -1.29. The molecule has 0 radical (unpaired) electrons. The summed E-state index contributed by atoms with van der Waals surface area (Å²) in [5.41, 5.74) is 1.61. The molecule has 0 spiro atoms. The zero-order valence-corrected chi connectivity index (χ0v) is 13.1. The molecule has 0 saturated heterocycles. The van der Waals surface area contributed by atoms with Gasteiger partial charge in [0.05, 0.1) is 0 Å². The Morgan fingerprint density at radius 1 is 1.10 bits per heavy atom. The monoisotopic (exact) mass is 327 g/mol. The van der Waals surface area contributed by atoms with Crippen molar-refractivity contribution in [3.05, 3.63) is 63.4 Å². The van der Waals surface area contributed by atoms with Gasteiger partial charge in [-0.1, -0.05) is 36.2 Å². The molecule has 2 nitrogen and oxygen atoms in total. The first-order chi connectivity index (χ1) is 10.1. The first-order valence-electron chi connectivity index (χ1n) is 6.66. The van der Waals surface area contributed by atoms with Crippen molar-refractivity contribution in [2.45, 2.75) is 20.1 Å². The molecule has 0 aliphatic carbocycles. The van der Waals surface area contributed by atoms with Crippen LogP contribution in [0.2, 0.25) is 10.0 Å². The molecule has 1 N–H and O–H groups in total. The molecule has 0 aliphatic heterocycles. The predicted molar refractivity (Wildman–Crippen MR) is 84.6 cm³/mol. The summed E-state index contributed by atoms with van der Waals surface area (Å²) in [5, 5.41) is 4.29. The van der Waals surface area contributed by atoms with E-state index in [1.807, 2.05) is 13.0 Å². The number of rotatable bonds is 6. The summed E-state index contributed by atoms with van der Waals surface area (Å²) < 4.78 is 19.1. The number of ether oxygens (including phenoxy) is 1. The summed E-state index contributed by atoms with van der Waals surface area (Å²) in [4.78, 5) is 0. The maximum absolute atomic E-state index is 13.3. The van der Waals surface area contributed by atoms with Gasteiger partial charge in [0.2, 0.25) is 0 Å². The minimum Gasteiger partial charge on any atom is -0.489 e.